The number of hydrogen-bond donors (Lipinski definition) is 2. The molecule has 0 bridgehead atoms. The zero-order chi connectivity index (χ0) is 13.2. The molecule has 18 heavy (non-hydrogen) atoms. The third kappa shape index (κ3) is 6.74. The minimum Gasteiger partial charge on any atom is -0.393 e. The Balaban J connectivity index is 2.11. The lowest BCUT2D eigenvalue weighted by Gasteiger charge is -2.15. The van der Waals surface area contributed by atoms with E-state index in [4.69, 9.17) is 4.74 Å². The third-order valence-corrected chi connectivity index (χ3v) is 2.86. The summed E-state index contributed by atoms with van der Waals surface area (Å²) in [5.41, 5.74) is 1.09. The highest BCUT2D eigenvalue weighted by Gasteiger charge is 2.11. The molecule has 102 valence electrons. The second kappa shape index (κ2) is 9.09. The van der Waals surface area contributed by atoms with E-state index in [0.717, 1.165) is 24.8 Å². The Kier molecular flexibility index (Phi) is 7.65. The van der Waals surface area contributed by atoms with E-state index in [2.05, 4.69) is 6.92 Å². The van der Waals surface area contributed by atoms with E-state index in [9.17, 15) is 10.2 Å². The topological polar surface area (TPSA) is 49.7 Å². The van der Waals surface area contributed by atoms with Crippen LogP contribution in [0.4, 0.5) is 0 Å². The number of aliphatic hydroxyl groups excluding tert-OH is 2. The van der Waals surface area contributed by atoms with Crippen LogP contribution >= 0.6 is 0 Å². The summed E-state index contributed by atoms with van der Waals surface area (Å²) in [6.45, 7) is 2.87. The van der Waals surface area contributed by atoms with Gasteiger partial charge in [-0.25, -0.2) is 0 Å². The highest BCUT2D eigenvalue weighted by molar-refractivity contribution is 5.13. The molecular formula is C15H24O3. The van der Waals surface area contributed by atoms with Gasteiger partial charge in [0.25, 0.3) is 0 Å². The van der Waals surface area contributed by atoms with E-state index in [1.165, 1.54) is 0 Å². The van der Waals surface area contributed by atoms with Crippen molar-refractivity contribution >= 4 is 0 Å². The standard InChI is InChI=1S/C15H24O3/c1-2-3-9-14(16)10-15(17)12-18-11-13-7-5-4-6-8-13/h4-8,14-17H,2-3,9-12H2,1H3/t14-,15+/m0/s1. The first-order chi connectivity index (χ1) is 8.72. The number of ether oxygens (including phenoxy) is 1. The minimum atomic E-state index is -0.583. The van der Waals surface area contributed by atoms with Crippen LogP contribution in [0, 0.1) is 0 Å². The Hall–Kier alpha value is -0.900. The van der Waals surface area contributed by atoms with Crippen molar-refractivity contribution in [2.45, 2.75) is 51.4 Å². The second-order valence-electron chi connectivity index (χ2n) is 4.69. The van der Waals surface area contributed by atoms with Crippen LogP contribution in [-0.2, 0) is 11.3 Å². The third-order valence-electron chi connectivity index (χ3n) is 2.86. The van der Waals surface area contributed by atoms with E-state index in [-0.39, 0.29) is 6.61 Å². The molecule has 0 aliphatic heterocycles. The van der Waals surface area contributed by atoms with Crippen molar-refractivity contribution in [1.29, 1.82) is 0 Å². The van der Waals surface area contributed by atoms with Crippen LogP contribution in [0.3, 0.4) is 0 Å². The lowest BCUT2D eigenvalue weighted by atomic mass is 10.1. The van der Waals surface area contributed by atoms with Gasteiger partial charge in [0.1, 0.15) is 0 Å². The largest absolute Gasteiger partial charge is 0.393 e. The maximum atomic E-state index is 9.71. The molecule has 0 saturated carbocycles. The molecule has 0 aliphatic rings. The number of aliphatic hydroxyl groups is 2. The van der Waals surface area contributed by atoms with Crippen LogP contribution in [0.2, 0.25) is 0 Å². The highest BCUT2D eigenvalue weighted by atomic mass is 16.5. The molecule has 3 nitrogen and oxygen atoms in total. The van der Waals surface area contributed by atoms with Gasteiger partial charge in [-0.15, -0.1) is 0 Å². The Morgan fingerprint density at radius 3 is 2.50 bits per heavy atom. The van der Waals surface area contributed by atoms with Crippen LogP contribution in [0.1, 0.15) is 38.2 Å². The summed E-state index contributed by atoms with van der Waals surface area (Å²) >= 11 is 0. The number of unbranched alkanes of at least 4 members (excludes halogenated alkanes) is 1. The zero-order valence-corrected chi connectivity index (χ0v) is 11.1. The lowest BCUT2D eigenvalue weighted by Crippen LogP contribution is -2.22. The van der Waals surface area contributed by atoms with Gasteiger partial charge in [0.05, 0.1) is 25.4 Å². The number of benzene rings is 1. The van der Waals surface area contributed by atoms with Gasteiger partial charge in [0.2, 0.25) is 0 Å². The Bertz CT molecular complexity index is 300. The molecule has 2 N–H and O–H groups in total. The average molecular weight is 252 g/mol. The minimum absolute atomic E-state index is 0.276. The van der Waals surface area contributed by atoms with Gasteiger partial charge in [-0.1, -0.05) is 50.1 Å². The second-order valence-corrected chi connectivity index (χ2v) is 4.69. The molecule has 0 radical (unpaired) electrons. The van der Waals surface area contributed by atoms with E-state index in [1.807, 2.05) is 30.3 Å². The molecule has 1 aromatic carbocycles. The molecule has 1 rings (SSSR count). The van der Waals surface area contributed by atoms with Gasteiger partial charge in [-0.05, 0) is 12.0 Å². The molecule has 2 atom stereocenters. The molecule has 0 heterocycles. The van der Waals surface area contributed by atoms with Gasteiger partial charge >= 0.3 is 0 Å². The van der Waals surface area contributed by atoms with Crippen LogP contribution in [0.15, 0.2) is 30.3 Å². The molecule has 0 unspecified atom stereocenters. The summed E-state index contributed by atoms with van der Waals surface area (Å²) < 4.78 is 5.43. The van der Waals surface area contributed by atoms with Gasteiger partial charge in [0, 0.05) is 6.42 Å². The average Bonchev–Trinajstić information content (AvgIpc) is 2.37. The summed E-state index contributed by atoms with van der Waals surface area (Å²) in [6.07, 6.45) is 2.22. The summed E-state index contributed by atoms with van der Waals surface area (Å²) in [7, 11) is 0. The summed E-state index contributed by atoms with van der Waals surface area (Å²) in [6, 6.07) is 9.86. The van der Waals surface area contributed by atoms with Gasteiger partial charge < -0.3 is 14.9 Å². The fraction of sp³-hybridized carbons (Fsp3) is 0.600. The summed E-state index contributed by atoms with van der Waals surface area (Å²) in [5, 5.41) is 19.4. The predicted octanol–water partition coefficient (Wildman–Crippen LogP) is 2.51. The van der Waals surface area contributed by atoms with E-state index in [0.29, 0.717) is 13.0 Å². The van der Waals surface area contributed by atoms with E-state index in [1.54, 1.807) is 0 Å². The maximum absolute atomic E-state index is 9.71. The molecule has 3 heteroatoms. The predicted molar refractivity (Wildman–Crippen MR) is 72.3 cm³/mol. The molecule has 0 saturated heterocycles. The SMILES string of the molecule is CCCC[C@H](O)C[C@@H](O)COCc1ccccc1. The van der Waals surface area contributed by atoms with E-state index < -0.39 is 12.2 Å². The Labute approximate surface area is 109 Å². The molecule has 0 fully saturated rings. The fourth-order valence-corrected chi connectivity index (χ4v) is 1.83. The van der Waals surface area contributed by atoms with Crippen molar-refractivity contribution in [2.75, 3.05) is 6.61 Å². The first-order valence-electron chi connectivity index (χ1n) is 6.70. The molecular weight excluding hydrogens is 228 g/mol. The normalized spacial score (nSPS) is 14.4. The number of hydrogen-bond acceptors (Lipinski definition) is 3. The first kappa shape index (κ1) is 15.2. The van der Waals surface area contributed by atoms with Crippen LogP contribution in [0.25, 0.3) is 0 Å². The maximum Gasteiger partial charge on any atom is 0.0798 e. The molecule has 0 amide bonds. The Morgan fingerprint density at radius 2 is 1.83 bits per heavy atom. The molecule has 0 aromatic heterocycles. The molecule has 1 aromatic rings. The van der Waals surface area contributed by atoms with Gasteiger partial charge in [-0.3, -0.25) is 0 Å². The Morgan fingerprint density at radius 1 is 1.11 bits per heavy atom. The van der Waals surface area contributed by atoms with Gasteiger partial charge in [0.15, 0.2) is 0 Å². The highest BCUT2D eigenvalue weighted by Crippen LogP contribution is 2.08. The van der Waals surface area contributed by atoms with Crippen molar-refractivity contribution in [3.05, 3.63) is 35.9 Å². The van der Waals surface area contributed by atoms with Crippen LogP contribution < -0.4 is 0 Å². The summed E-state index contributed by atoms with van der Waals surface area (Å²) in [4.78, 5) is 0. The van der Waals surface area contributed by atoms with E-state index >= 15 is 0 Å². The number of rotatable bonds is 9. The van der Waals surface area contributed by atoms with Crippen molar-refractivity contribution < 1.29 is 14.9 Å². The van der Waals surface area contributed by atoms with Crippen molar-refractivity contribution in [1.82, 2.24) is 0 Å². The molecule has 0 spiro atoms. The smallest absolute Gasteiger partial charge is 0.0798 e. The molecule has 0 aliphatic carbocycles. The quantitative estimate of drug-likeness (QED) is 0.710. The summed E-state index contributed by atoms with van der Waals surface area (Å²) in [5.74, 6) is 0. The van der Waals surface area contributed by atoms with Crippen molar-refractivity contribution in [3.63, 3.8) is 0 Å². The monoisotopic (exact) mass is 252 g/mol. The van der Waals surface area contributed by atoms with Crippen LogP contribution in [-0.4, -0.2) is 29.0 Å². The lowest BCUT2D eigenvalue weighted by molar-refractivity contribution is -0.000664. The zero-order valence-electron chi connectivity index (χ0n) is 11.1. The van der Waals surface area contributed by atoms with Crippen molar-refractivity contribution in [3.8, 4) is 0 Å². The van der Waals surface area contributed by atoms with Crippen molar-refractivity contribution in [2.24, 2.45) is 0 Å². The first-order valence-corrected chi connectivity index (χ1v) is 6.70. The fourth-order valence-electron chi connectivity index (χ4n) is 1.83. The van der Waals surface area contributed by atoms with Crippen LogP contribution in [0.5, 0.6) is 0 Å². The van der Waals surface area contributed by atoms with Gasteiger partial charge in [-0.2, -0.15) is 0 Å².